The first-order chi connectivity index (χ1) is 8.35. The van der Waals surface area contributed by atoms with Gasteiger partial charge in [-0.05, 0) is 55.8 Å². The van der Waals surface area contributed by atoms with Gasteiger partial charge in [0.15, 0.2) is 0 Å². The summed E-state index contributed by atoms with van der Waals surface area (Å²) in [5.74, 6) is -0.509. The fourth-order valence-corrected chi connectivity index (χ4v) is 2.90. The molecule has 0 spiro atoms. The molecule has 1 aromatic carbocycles. The van der Waals surface area contributed by atoms with Gasteiger partial charge in [0.2, 0.25) is 0 Å². The largest absolute Gasteiger partial charge is 0.313 e. The van der Waals surface area contributed by atoms with Gasteiger partial charge in [0.1, 0.15) is 11.6 Å². The first kappa shape index (κ1) is 13.5. The quantitative estimate of drug-likeness (QED) is 0.749. The van der Waals surface area contributed by atoms with Gasteiger partial charge in [-0.3, -0.25) is 0 Å². The highest BCUT2D eigenvalue weighted by molar-refractivity contribution is 5.38. The van der Waals surface area contributed by atoms with Crippen LogP contribution in [0.5, 0.6) is 0 Å². The van der Waals surface area contributed by atoms with E-state index in [-0.39, 0.29) is 23.1 Å². The summed E-state index contributed by atoms with van der Waals surface area (Å²) in [6.45, 7) is 5.94. The number of aryl methyl sites for hydroxylation is 1. The third kappa shape index (κ3) is 2.28. The van der Waals surface area contributed by atoms with Crippen LogP contribution in [0.3, 0.4) is 0 Å². The van der Waals surface area contributed by atoms with Crippen LogP contribution in [-0.2, 0) is 6.42 Å². The van der Waals surface area contributed by atoms with Gasteiger partial charge in [-0.15, -0.1) is 0 Å². The first-order valence-corrected chi connectivity index (χ1v) is 6.50. The maximum absolute atomic E-state index is 14.3. The highest BCUT2D eigenvalue weighted by Gasteiger charge is 2.32. The molecule has 18 heavy (non-hydrogen) atoms. The van der Waals surface area contributed by atoms with Gasteiger partial charge in [0.25, 0.3) is 0 Å². The van der Waals surface area contributed by atoms with Crippen molar-refractivity contribution in [3.63, 3.8) is 0 Å². The lowest BCUT2D eigenvalue weighted by Crippen LogP contribution is -2.24. The Morgan fingerprint density at radius 2 is 2.00 bits per heavy atom. The van der Waals surface area contributed by atoms with Crippen molar-refractivity contribution in [3.8, 4) is 0 Å². The molecule has 0 saturated heterocycles. The average Bonchev–Trinajstić information content (AvgIpc) is 2.42. The summed E-state index contributed by atoms with van der Waals surface area (Å²) >= 11 is 0. The predicted molar refractivity (Wildman–Crippen MR) is 69.6 cm³/mol. The van der Waals surface area contributed by atoms with E-state index in [4.69, 9.17) is 0 Å². The number of halogens is 2. The smallest absolute Gasteiger partial charge is 0.131 e. The van der Waals surface area contributed by atoms with Gasteiger partial charge in [-0.25, -0.2) is 8.78 Å². The van der Waals surface area contributed by atoms with Crippen molar-refractivity contribution in [1.29, 1.82) is 0 Å². The molecule has 1 aliphatic carbocycles. The lowest BCUT2D eigenvalue weighted by Gasteiger charge is -2.27. The number of hydrogen-bond donors (Lipinski definition) is 1. The van der Waals surface area contributed by atoms with Crippen LogP contribution in [0.1, 0.15) is 49.4 Å². The van der Waals surface area contributed by atoms with Crippen LogP contribution in [0, 0.1) is 24.0 Å². The molecule has 1 aromatic rings. The van der Waals surface area contributed by atoms with Gasteiger partial charge >= 0.3 is 0 Å². The van der Waals surface area contributed by atoms with E-state index in [1.165, 1.54) is 6.07 Å². The van der Waals surface area contributed by atoms with Crippen LogP contribution in [-0.4, -0.2) is 7.05 Å². The Balaban J connectivity index is 2.60. The second-order valence-corrected chi connectivity index (χ2v) is 6.09. The predicted octanol–water partition coefficient (Wildman–Crippen LogP) is 3.90. The van der Waals surface area contributed by atoms with Gasteiger partial charge in [-0.1, -0.05) is 13.8 Å². The molecule has 1 aliphatic rings. The maximum Gasteiger partial charge on any atom is 0.131 e. The van der Waals surface area contributed by atoms with Gasteiger partial charge in [0.05, 0.1) is 0 Å². The monoisotopic (exact) mass is 253 g/mol. The Hall–Kier alpha value is -0.960. The number of hydrogen-bond acceptors (Lipinski definition) is 1. The first-order valence-electron chi connectivity index (χ1n) is 6.50. The van der Waals surface area contributed by atoms with Crippen LogP contribution < -0.4 is 5.32 Å². The third-order valence-corrected chi connectivity index (χ3v) is 4.04. The SMILES string of the molecule is CNC1CC(C)(C)CCc2c(F)cc(C)c(F)c21. The average molecular weight is 253 g/mol. The minimum absolute atomic E-state index is 0.0967. The molecule has 0 bridgehead atoms. The Morgan fingerprint density at radius 3 is 2.61 bits per heavy atom. The number of benzene rings is 1. The molecule has 0 radical (unpaired) electrons. The minimum Gasteiger partial charge on any atom is -0.313 e. The summed E-state index contributed by atoms with van der Waals surface area (Å²) in [5, 5.41) is 3.14. The highest BCUT2D eigenvalue weighted by atomic mass is 19.1. The summed E-state index contributed by atoms with van der Waals surface area (Å²) in [5.41, 5.74) is 1.59. The standard InChI is InChI=1S/C15H21F2N/c1-9-7-11(16)10-5-6-15(2,3)8-12(18-4)13(10)14(9)17/h7,12,18H,5-6,8H2,1-4H3. The summed E-state index contributed by atoms with van der Waals surface area (Å²) in [6.07, 6.45) is 2.33. The molecule has 3 heteroatoms. The number of rotatable bonds is 1. The van der Waals surface area contributed by atoms with Crippen molar-refractivity contribution in [2.75, 3.05) is 7.05 Å². The maximum atomic E-state index is 14.3. The summed E-state index contributed by atoms with van der Waals surface area (Å²) < 4.78 is 28.4. The molecule has 1 unspecified atom stereocenters. The van der Waals surface area contributed by atoms with E-state index in [1.807, 2.05) is 7.05 Å². The molecule has 0 aromatic heterocycles. The summed E-state index contributed by atoms with van der Waals surface area (Å²) in [7, 11) is 1.82. The van der Waals surface area contributed by atoms with E-state index in [9.17, 15) is 8.78 Å². The van der Waals surface area contributed by atoms with Crippen molar-refractivity contribution in [2.45, 2.75) is 46.1 Å². The van der Waals surface area contributed by atoms with Crippen molar-refractivity contribution in [1.82, 2.24) is 5.32 Å². The molecule has 100 valence electrons. The van der Waals surface area contributed by atoms with Crippen molar-refractivity contribution >= 4 is 0 Å². The van der Waals surface area contributed by atoms with E-state index < -0.39 is 0 Å². The lowest BCUT2D eigenvalue weighted by atomic mass is 9.83. The van der Waals surface area contributed by atoms with E-state index in [2.05, 4.69) is 19.2 Å². The molecule has 0 aliphatic heterocycles. The van der Waals surface area contributed by atoms with Crippen LogP contribution in [0.2, 0.25) is 0 Å². The lowest BCUT2D eigenvalue weighted by molar-refractivity contribution is 0.277. The minimum atomic E-state index is -0.262. The Labute approximate surface area is 108 Å². The van der Waals surface area contributed by atoms with Crippen molar-refractivity contribution in [3.05, 3.63) is 34.4 Å². The summed E-state index contributed by atoms with van der Waals surface area (Å²) in [4.78, 5) is 0. The van der Waals surface area contributed by atoms with E-state index in [1.54, 1.807) is 6.92 Å². The molecule has 0 fully saturated rings. The van der Waals surface area contributed by atoms with Gasteiger partial charge < -0.3 is 5.32 Å². The van der Waals surface area contributed by atoms with E-state index >= 15 is 0 Å². The van der Waals surface area contributed by atoms with E-state index in [0.29, 0.717) is 23.1 Å². The number of nitrogens with one attached hydrogen (secondary N) is 1. The molecule has 0 saturated carbocycles. The van der Waals surface area contributed by atoms with Gasteiger partial charge in [-0.2, -0.15) is 0 Å². The van der Waals surface area contributed by atoms with E-state index in [0.717, 1.165) is 12.8 Å². The molecule has 1 N–H and O–H groups in total. The van der Waals surface area contributed by atoms with Crippen molar-refractivity contribution < 1.29 is 8.78 Å². The molecule has 0 heterocycles. The van der Waals surface area contributed by atoms with Crippen molar-refractivity contribution in [2.24, 2.45) is 5.41 Å². The highest BCUT2D eigenvalue weighted by Crippen LogP contribution is 2.41. The zero-order chi connectivity index (χ0) is 13.5. The summed E-state index contributed by atoms with van der Waals surface area (Å²) in [6, 6.07) is 1.21. The second-order valence-electron chi connectivity index (χ2n) is 6.09. The topological polar surface area (TPSA) is 12.0 Å². The molecule has 2 rings (SSSR count). The van der Waals surface area contributed by atoms with Crippen LogP contribution >= 0.6 is 0 Å². The zero-order valence-electron chi connectivity index (χ0n) is 11.5. The Morgan fingerprint density at radius 1 is 1.33 bits per heavy atom. The Bertz CT molecular complexity index is 466. The fraction of sp³-hybridized carbons (Fsp3) is 0.600. The normalized spacial score (nSPS) is 22.4. The van der Waals surface area contributed by atoms with Crippen LogP contribution in [0.25, 0.3) is 0 Å². The molecule has 1 nitrogen and oxygen atoms in total. The number of fused-ring (bicyclic) bond motifs is 1. The molecular formula is C15H21F2N. The molecular weight excluding hydrogens is 232 g/mol. The van der Waals surface area contributed by atoms with Gasteiger partial charge in [0, 0.05) is 11.6 Å². The molecule has 1 atom stereocenters. The second kappa shape index (κ2) is 4.61. The zero-order valence-corrected chi connectivity index (χ0v) is 11.5. The fourth-order valence-electron chi connectivity index (χ4n) is 2.90. The van der Waals surface area contributed by atoms with Crippen LogP contribution in [0.15, 0.2) is 6.07 Å². The Kier molecular flexibility index (Phi) is 3.45. The van der Waals surface area contributed by atoms with Crippen LogP contribution in [0.4, 0.5) is 8.78 Å². The molecule has 0 amide bonds. The third-order valence-electron chi connectivity index (χ3n) is 4.04.